The highest BCUT2D eigenvalue weighted by atomic mass is 16.6. The molecule has 0 aliphatic carbocycles. The Morgan fingerprint density at radius 3 is 2.38 bits per heavy atom. The van der Waals surface area contributed by atoms with Gasteiger partial charge in [0.05, 0.1) is 32.5 Å². The van der Waals surface area contributed by atoms with Crippen LogP contribution in [0.4, 0.5) is 0 Å². The highest BCUT2D eigenvalue weighted by Crippen LogP contribution is 2.13. The van der Waals surface area contributed by atoms with Crippen LogP contribution in [0.2, 0.25) is 0 Å². The van der Waals surface area contributed by atoms with Crippen molar-refractivity contribution in [3.8, 4) is 5.75 Å². The monoisotopic (exact) mass is 360 g/mol. The summed E-state index contributed by atoms with van der Waals surface area (Å²) in [6.45, 7) is 0.166. The Labute approximate surface area is 152 Å². The molecule has 26 heavy (non-hydrogen) atoms. The van der Waals surface area contributed by atoms with Gasteiger partial charge in [0.2, 0.25) is 0 Å². The van der Waals surface area contributed by atoms with Gasteiger partial charge < -0.3 is 24.4 Å². The molecule has 0 aliphatic heterocycles. The average Bonchev–Trinajstić information content (AvgIpc) is 2.70. The molecular formula is C20H24O6. The van der Waals surface area contributed by atoms with E-state index in [0.29, 0.717) is 12.2 Å². The summed E-state index contributed by atoms with van der Waals surface area (Å²) < 4.78 is 16.0. The van der Waals surface area contributed by atoms with E-state index in [2.05, 4.69) is 0 Å². The van der Waals surface area contributed by atoms with Crippen LogP contribution in [0, 0.1) is 0 Å². The third kappa shape index (κ3) is 6.15. The van der Waals surface area contributed by atoms with Crippen LogP contribution in [0.25, 0.3) is 0 Å². The Morgan fingerprint density at radius 1 is 1.08 bits per heavy atom. The topological polar surface area (TPSA) is 85.2 Å². The van der Waals surface area contributed by atoms with Crippen LogP contribution >= 0.6 is 0 Å². The first-order valence-corrected chi connectivity index (χ1v) is 8.39. The van der Waals surface area contributed by atoms with E-state index in [1.165, 1.54) is 0 Å². The molecule has 0 radical (unpaired) electrons. The van der Waals surface area contributed by atoms with Gasteiger partial charge in [-0.25, -0.2) is 4.79 Å². The van der Waals surface area contributed by atoms with Gasteiger partial charge in [-0.15, -0.1) is 0 Å². The summed E-state index contributed by atoms with van der Waals surface area (Å²) in [6.07, 6.45) is -1.73. The van der Waals surface area contributed by atoms with Gasteiger partial charge in [0, 0.05) is 6.42 Å². The molecule has 0 saturated carbocycles. The Kier molecular flexibility index (Phi) is 8.08. The normalized spacial score (nSPS) is 13.0. The molecule has 0 saturated heterocycles. The number of benzene rings is 2. The lowest BCUT2D eigenvalue weighted by Crippen LogP contribution is -2.35. The van der Waals surface area contributed by atoms with Crippen LogP contribution in [0.15, 0.2) is 54.6 Å². The molecule has 0 bridgehead atoms. The summed E-state index contributed by atoms with van der Waals surface area (Å²) in [5.74, 6) is 0.228. The minimum Gasteiger partial charge on any atom is -0.497 e. The second-order valence-corrected chi connectivity index (χ2v) is 5.75. The maximum Gasteiger partial charge on any atom is 0.338 e. The fraction of sp³-hybridized carbons (Fsp3) is 0.350. The lowest BCUT2D eigenvalue weighted by atomic mass is 10.1. The van der Waals surface area contributed by atoms with Crippen molar-refractivity contribution in [2.75, 3.05) is 20.3 Å². The first kappa shape index (κ1) is 19.9. The maximum atomic E-state index is 12.1. The first-order valence-electron chi connectivity index (χ1n) is 8.39. The van der Waals surface area contributed by atoms with Gasteiger partial charge >= 0.3 is 5.97 Å². The van der Waals surface area contributed by atoms with E-state index < -0.39 is 24.8 Å². The number of carbonyl (C=O) groups is 1. The molecular weight excluding hydrogens is 336 g/mol. The fourth-order valence-corrected chi connectivity index (χ4v) is 2.34. The van der Waals surface area contributed by atoms with Gasteiger partial charge in [0.25, 0.3) is 0 Å². The summed E-state index contributed by atoms with van der Waals surface area (Å²) >= 11 is 0. The molecule has 0 heterocycles. The Balaban J connectivity index is 1.82. The molecule has 0 amide bonds. The smallest absolute Gasteiger partial charge is 0.338 e. The zero-order valence-electron chi connectivity index (χ0n) is 14.7. The van der Waals surface area contributed by atoms with Gasteiger partial charge in [-0.05, 0) is 29.8 Å². The van der Waals surface area contributed by atoms with E-state index in [0.717, 1.165) is 11.3 Å². The molecule has 2 aromatic rings. The van der Waals surface area contributed by atoms with Crippen molar-refractivity contribution in [1.29, 1.82) is 0 Å². The standard InChI is InChI=1S/C20H24O6/c1-24-17-9-7-15(8-10-17)14-25-12-11-19(18(22)13-21)26-20(23)16-5-3-2-4-6-16/h2-10,18-19,21-22H,11-14H2,1H3/t18-,19+/m1/s1. The van der Waals surface area contributed by atoms with Crippen LogP contribution in [-0.4, -0.2) is 48.7 Å². The molecule has 6 heteroatoms. The first-order chi connectivity index (χ1) is 12.6. The average molecular weight is 360 g/mol. The van der Waals surface area contributed by atoms with Crippen LogP contribution in [0.3, 0.4) is 0 Å². The van der Waals surface area contributed by atoms with Gasteiger partial charge in [0.1, 0.15) is 18.0 Å². The number of methoxy groups -OCH3 is 1. The largest absolute Gasteiger partial charge is 0.497 e. The highest BCUT2D eigenvalue weighted by Gasteiger charge is 2.23. The lowest BCUT2D eigenvalue weighted by molar-refractivity contribution is -0.0498. The summed E-state index contributed by atoms with van der Waals surface area (Å²) in [7, 11) is 1.61. The molecule has 2 aromatic carbocycles. The summed E-state index contributed by atoms with van der Waals surface area (Å²) in [6, 6.07) is 16.0. The van der Waals surface area contributed by atoms with Crippen molar-refractivity contribution in [3.05, 3.63) is 65.7 Å². The SMILES string of the molecule is COc1ccc(COCC[C@H](OC(=O)c2ccccc2)[C@H](O)CO)cc1. The van der Waals surface area contributed by atoms with E-state index in [9.17, 15) is 15.0 Å². The van der Waals surface area contributed by atoms with Crippen LogP contribution in [-0.2, 0) is 16.1 Å². The summed E-state index contributed by atoms with van der Waals surface area (Å²) in [5.41, 5.74) is 1.37. The summed E-state index contributed by atoms with van der Waals surface area (Å²) in [4.78, 5) is 12.1. The van der Waals surface area contributed by atoms with E-state index in [4.69, 9.17) is 14.2 Å². The van der Waals surface area contributed by atoms with Crippen LogP contribution < -0.4 is 4.74 Å². The molecule has 2 N–H and O–H groups in total. The minimum absolute atomic E-state index is 0.274. The van der Waals surface area contributed by atoms with Crippen molar-refractivity contribution in [2.45, 2.75) is 25.2 Å². The van der Waals surface area contributed by atoms with Crippen molar-refractivity contribution < 1.29 is 29.2 Å². The van der Waals surface area contributed by atoms with E-state index in [-0.39, 0.29) is 13.0 Å². The molecule has 0 spiro atoms. The van der Waals surface area contributed by atoms with Crippen molar-refractivity contribution >= 4 is 5.97 Å². The zero-order chi connectivity index (χ0) is 18.8. The number of aliphatic hydroxyl groups excluding tert-OH is 2. The number of hydrogen-bond donors (Lipinski definition) is 2. The van der Waals surface area contributed by atoms with Crippen LogP contribution in [0.5, 0.6) is 5.75 Å². The molecule has 0 fully saturated rings. The number of esters is 1. The Bertz CT molecular complexity index is 656. The number of carbonyl (C=O) groups excluding carboxylic acids is 1. The van der Waals surface area contributed by atoms with E-state index in [1.54, 1.807) is 37.4 Å². The molecule has 0 unspecified atom stereocenters. The molecule has 2 atom stereocenters. The van der Waals surface area contributed by atoms with E-state index >= 15 is 0 Å². The number of ether oxygens (including phenoxy) is 3. The molecule has 6 nitrogen and oxygen atoms in total. The molecule has 2 rings (SSSR count). The molecule has 0 aromatic heterocycles. The number of rotatable bonds is 10. The third-order valence-corrected chi connectivity index (χ3v) is 3.86. The molecule has 140 valence electrons. The number of aliphatic hydroxyl groups is 2. The second-order valence-electron chi connectivity index (χ2n) is 5.75. The Morgan fingerprint density at radius 2 is 1.77 bits per heavy atom. The second kappa shape index (κ2) is 10.6. The van der Waals surface area contributed by atoms with Crippen molar-refractivity contribution in [3.63, 3.8) is 0 Å². The van der Waals surface area contributed by atoms with Gasteiger partial charge in [-0.3, -0.25) is 0 Å². The quantitative estimate of drug-likeness (QED) is 0.499. The predicted molar refractivity (Wildman–Crippen MR) is 96.0 cm³/mol. The van der Waals surface area contributed by atoms with Gasteiger partial charge in [-0.2, -0.15) is 0 Å². The van der Waals surface area contributed by atoms with Crippen molar-refractivity contribution in [2.24, 2.45) is 0 Å². The molecule has 0 aliphatic rings. The predicted octanol–water partition coefficient (Wildman–Crippen LogP) is 2.18. The van der Waals surface area contributed by atoms with Gasteiger partial charge in [-0.1, -0.05) is 30.3 Å². The maximum absolute atomic E-state index is 12.1. The minimum atomic E-state index is -1.16. The third-order valence-electron chi connectivity index (χ3n) is 3.86. The number of hydrogen-bond acceptors (Lipinski definition) is 6. The van der Waals surface area contributed by atoms with Crippen LogP contribution in [0.1, 0.15) is 22.3 Å². The fourth-order valence-electron chi connectivity index (χ4n) is 2.34. The van der Waals surface area contributed by atoms with E-state index in [1.807, 2.05) is 24.3 Å². The highest BCUT2D eigenvalue weighted by molar-refractivity contribution is 5.89. The summed E-state index contributed by atoms with van der Waals surface area (Å²) in [5, 5.41) is 19.1. The zero-order valence-corrected chi connectivity index (χ0v) is 14.7. The lowest BCUT2D eigenvalue weighted by Gasteiger charge is -2.22. The van der Waals surface area contributed by atoms with Gasteiger partial charge in [0.15, 0.2) is 0 Å². The van der Waals surface area contributed by atoms with Crippen molar-refractivity contribution in [1.82, 2.24) is 0 Å². The Hall–Kier alpha value is -2.41.